The summed E-state index contributed by atoms with van der Waals surface area (Å²) in [4.78, 5) is 26.9. The maximum absolute atomic E-state index is 12.9. The van der Waals surface area contributed by atoms with Crippen molar-refractivity contribution < 1.29 is 14.3 Å². The number of hydrogen-bond acceptors (Lipinski definition) is 8. The molecule has 5 rings (SSSR count). The molecule has 1 aliphatic rings. The molecule has 2 N–H and O–H groups in total. The molecule has 0 bridgehead atoms. The van der Waals surface area contributed by atoms with Crippen molar-refractivity contribution in [3.05, 3.63) is 83.9 Å². The number of aromatic nitrogens is 2. The summed E-state index contributed by atoms with van der Waals surface area (Å²) in [5, 5.41) is 6.05. The quantitative estimate of drug-likeness (QED) is 0.264. The number of amides is 1. The zero-order valence-corrected chi connectivity index (χ0v) is 24.0. The Kier molecular flexibility index (Phi) is 8.64. The smallest absolute Gasteiger partial charge is 0.418 e. The Morgan fingerprint density at radius 2 is 1.68 bits per heavy atom. The van der Waals surface area contributed by atoms with Gasteiger partial charge in [0.1, 0.15) is 5.75 Å². The van der Waals surface area contributed by atoms with Crippen LogP contribution in [-0.4, -0.2) is 60.8 Å². The van der Waals surface area contributed by atoms with Crippen LogP contribution in [0.2, 0.25) is 0 Å². The molecular formula is C32H36N6O3. The van der Waals surface area contributed by atoms with Crippen molar-refractivity contribution in [3.63, 3.8) is 0 Å². The van der Waals surface area contributed by atoms with Crippen LogP contribution in [0.1, 0.15) is 18.1 Å². The summed E-state index contributed by atoms with van der Waals surface area (Å²) in [6.07, 6.45) is -0.676. The van der Waals surface area contributed by atoms with Gasteiger partial charge in [0.25, 0.3) is 0 Å². The van der Waals surface area contributed by atoms with Gasteiger partial charge in [-0.05, 0) is 75.3 Å². The standard InChI is InChI=1S/C32H36N6O3/c1-5-40-29-12-7-6-11-27(29)35-32(39)41-30-21-28(26-10-8-9-22(2)23(26)3)34-31(36-30)33-24-13-15-25(16-14-24)38-19-17-37(4)18-20-38/h6-16,21H,5,17-20H2,1-4H3,(H,35,39)(H,33,34,36). The summed E-state index contributed by atoms with van der Waals surface area (Å²) in [5.74, 6) is 1.01. The number of piperazine rings is 1. The van der Waals surface area contributed by atoms with Gasteiger partial charge in [-0.25, -0.2) is 9.78 Å². The fourth-order valence-corrected chi connectivity index (χ4v) is 4.73. The molecule has 1 saturated heterocycles. The molecule has 0 radical (unpaired) electrons. The minimum atomic E-state index is -0.676. The Hall–Kier alpha value is -4.63. The molecule has 0 spiro atoms. The molecule has 0 unspecified atom stereocenters. The van der Waals surface area contributed by atoms with E-state index in [1.54, 1.807) is 18.2 Å². The van der Waals surface area contributed by atoms with Gasteiger partial charge in [-0.15, -0.1) is 0 Å². The predicted molar refractivity (Wildman–Crippen MR) is 164 cm³/mol. The molecule has 212 valence electrons. The van der Waals surface area contributed by atoms with Gasteiger partial charge >= 0.3 is 6.09 Å². The van der Waals surface area contributed by atoms with Crippen LogP contribution in [0.25, 0.3) is 11.3 Å². The van der Waals surface area contributed by atoms with Gasteiger partial charge in [0.15, 0.2) is 0 Å². The first-order valence-corrected chi connectivity index (χ1v) is 13.9. The highest BCUT2D eigenvalue weighted by molar-refractivity contribution is 5.88. The van der Waals surface area contributed by atoms with Crippen molar-refractivity contribution in [1.82, 2.24) is 14.9 Å². The minimum absolute atomic E-state index is 0.124. The highest BCUT2D eigenvalue weighted by Gasteiger charge is 2.17. The Bertz CT molecular complexity index is 1500. The fourth-order valence-electron chi connectivity index (χ4n) is 4.73. The second-order valence-electron chi connectivity index (χ2n) is 10.1. The summed E-state index contributed by atoms with van der Waals surface area (Å²) in [5.41, 5.74) is 6.35. The first-order chi connectivity index (χ1) is 19.9. The Morgan fingerprint density at radius 3 is 2.44 bits per heavy atom. The van der Waals surface area contributed by atoms with Gasteiger partial charge in [-0.2, -0.15) is 4.98 Å². The van der Waals surface area contributed by atoms with Crippen molar-refractivity contribution in [2.24, 2.45) is 0 Å². The Morgan fingerprint density at radius 1 is 0.927 bits per heavy atom. The predicted octanol–water partition coefficient (Wildman–Crippen LogP) is 6.27. The number of carbonyl (C=O) groups excluding carboxylic acids is 1. The molecule has 1 aliphatic heterocycles. The number of hydrogen-bond donors (Lipinski definition) is 2. The van der Waals surface area contributed by atoms with Gasteiger partial charge < -0.3 is 24.6 Å². The third-order valence-electron chi connectivity index (χ3n) is 7.20. The molecule has 0 aliphatic carbocycles. The number of aryl methyl sites for hydroxylation is 1. The molecule has 1 aromatic heterocycles. The first kappa shape index (κ1) is 27.9. The molecule has 4 aromatic rings. The van der Waals surface area contributed by atoms with E-state index in [4.69, 9.17) is 14.5 Å². The van der Waals surface area contributed by atoms with Gasteiger partial charge in [0.05, 0.1) is 18.0 Å². The van der Waals surface area contributed by atoms with Gasteiger partial charge in [0.2, 0.25) is 11.8 Å². The van der Waals surface area contributed by atoms with Crippen molar-refractivity contribution in [1.29, 1.82) is 0 Å². The van der Waals surface area contributed by atoms with Crippen LogP contribution in [0.15, 0.2) is 72.8 Å². The van der Waals surface area contributed by atoms with Crippen molar-refractivity contribution in [3.8, 4) is 22.9 Å². The van der Waals surface area contributed by atoms with Crippen LogP contribution in [-0.2, 0) is 0 Å². The lowest BCUT2D eigenvalue weighted by Crippen LogP contribution is -2.44. The second kappa shape index (κ2) is 12.7. The van der Waals surface area contributed by atoms with Crippen LogP contribution in [0, 0.1) is 13.8 Å². The maximum atomic E-state index is 12.9. The van der Waals surface area contributed by atoms with Crippen molar-refractivity contribution in [2.75, 3.05) is 55.4 Å². The molecular weight excluding hydrogens is 516 g/mol. The highest BCUT2D eigenvalue weighted by Crippen LogP contribution is 2.29. The molecule has 0 saturated carbocycles. The molecule has 2 heterocycles. The lowest BCUT2D eigenvalue weighted by molar-refractivity contribution is 0.213. The topological polar surface area (TPSA) is 91.8 Å². The summed E-state index contributed by atoms with van der Waals surface area (Å²) >= 11 is 0. The summed E-state index contributed by atoms with van der Waals surface area (Å²) in [6, 6.07) is 23.2. The largest absolute Gasteiger partial charge is 0.492 e. The fraction of sp³-hybridized carbons (Fsp3) is 0.281. The molecule has 9 heteroatoms. The summed E-state index contributed by atoms with van der Waals surface area (Å²) in [7, 11) is 2.15. The average molecular weight is 553 g/mol. The van der Waals surface area contributed by atoms with Crippen LogP contribution in [0.4, 0.5) is 27.8 Å². The summed E-state index contributed by atoms with van der Waals surface area (Å²) in [6.45, 7) is 10.6. The third kappa shape index (κ3) is 6.93. The van der Waals surface area contributed by atoms with Crippen LogP contribution < -0.4 is 25.0 Å². The van der Waals surface area contributed by atoms with Crippen LogP contribution in [0.5, 0.6) is 11.6 Å². The van der Waals surface area contributed by atoms with E-state index in [9.17, 15) is 4.79 Å². The number of benzene rings is 3. The zero-order valence-electron chi connectivity index (χ0n) is 24.0. The molecule has 1 amide bonds. The van der Waals surface area contributed by atoms with E-state index < -0.39 is 6.09 Å². The van der Waals surface area contributed by atoms with E-state index in [1.165, 1.54) is 5.69 Å². The second-order valence-corrected chi connectivity index (χ2v) is 10.1. The number of carbonyl (C=O) groups is 1. The van der Waals surface area contributed by atoms with E-state index in [0.29, 0.717) is 29.7 Å². The lowest BCUT2D eigenvalue weighted by Gasteiger charge is -2.34. The van der Waals surface area contributed by atoms with E-state index in [0.717, 1.165) is 48.6 Å². The number of likely N-dealkylation sites (N-methyl/N-ethyl adjacent to an activating group) is 1. The minimum Gasteiger partial charge on any atom is -0.492 e. The third-order valence-corrected chi connectivity index (χ3v) is 7.20. The molecule has 9 nitrogen and oxygen atoms in total. The SMILES string of the molecule is CCOc1ccccc1NC(=O)Oc1cc(-c2cccc(C)c2C)nc(Nc2ccc(N3CCN(C)CC3)cc2)n1. The van der Waals surface area contributed by atoms with E-state index >= 15 is 0 Å². The number of ether oxygens (including phenoxy) is 2. The van der Waals surface area contributed by atoms with Crippen molar-refractivity contribution >= 4 is 29.1 Å². The average Bonchev–Trinajstić information content (AvgIpc) is 2.96. The van der Waals surface area contributed by atoms with E-state index in [-0.39, 0.29) is 5.88 Å². The normalized spacial score (nSPS) is 13.5. The highest BCUT2D eigenvalue weighted by atomic mass is 16.6. The molecule has 0 atom stereocenters. The van der Waals surface area contributed by atoms with Crippen LogP contribution >= 0.6 is 0 Å². The van der Waals surface area contributed by atoms with Crippen molar-refractivity contribution in [2.45, 2.75) is 20.8 Å². The Labute approximate surface area is 241 Å². The first-order valence-electron chi connectivity index (χ1n) is 13.9. The van der Waals surface area contributed by atoms with E-state index in [1.807, 2.05) is 43.3 Å². The number of anilines is 4. The number of nitrogens with one attached hydrogen (secondary N) is 2. The number of para-hydroxylation sites is 2. The lowest BCUT2D eigenvalue weighted by atomic mass is 10.0. The zero-order chi connectivity index (χ0) is 28.8. The maximum Gasteiger partial charge on any atom is 0.418 e. The van der Waals surface area contributed by atoms with Crippen LogP contribution in [0.3, 0.4) is 0 Å². The van der Waals surface area contributed by atoms with Gasteiger partial charge in [0, 0.05) is 49.2 Å². The number of rotatable bonds is 8. The van der Waals surface area contributed by atoms with Gasteiger partial charge in [-0.3, -0.25) is 5.32 Å². The number of nitrogens with zero attached hydrogens (tertiary/aromatic N) is 4. The van der Waals surface area contributed by atoms with Gasteiger partial charge in [-0.1, -0.05) is 30.3 Å². The molecule has 1 fully saturated rings. The Balaban J connectivity index is 1.39. The molecule has 3 aromatic carbocycles. The van der Waals surface area contributed by atoms with E-state index in [2.05, 4.69) is 64.5 Å². The molecule has 41 heavy (non-hydrogen) atoms. The summed E-state index contributed by atoms with van der Waals surface area (Å²) < 4.78 is 11.3. The monoisotopic (exact) mass is 552 g/mol.